The van der Waals surface area contributed by atoms with Crippen LogP contribution in [0.1, 0.15) is 36.7 Å². The number of carbonyl (C=O) groups excluding carboxylic acids is 1. The lowest BCUT2D eigenvalue weighted by Crippen LogP contribution is -2.12. The normalized spacial score (nSPS) is 14.2. The summed E-state index contributed by atoms with van der Waals surface area (Å²) in [6.07, 6.45) is 0. The highest BCUT2D eigenvalue weighted by molar-refractivity contribution is 6.24. The Balaban J connectivity index is 2.46. The zero-order valence-electron chi connectivity index (χ0n) is 10.3. The molecule has 0 spiro atoms. The van der Waals surface area contributed by atoms with Crippen molar-refractivity contribution in [1.29, 1.82) is 0 Å². The maximum atomic E-state index is 11.8. The van der Waals surface area contributed by atoms with E-state index < -0.39 is 0 Å². The van der Waals surface area contributed by atoms with E-state index in [1.165, 1.54) is 10.9 Å². The van der Waals surface area contributed by atoms with Gasteiger partial charge in [0, 0.05) is 16.6 Å². The Bertz CT molecular complexity index is 635. The van der Waals surface area contributed by atoms with Gasteiger partial charge in [0.15, 0.2) is 0 Å². The Labute approximate surface area is 101 Å². The number of benzene rings is 2. The van der Waals surface area contributed by atoms with Gasteiger partial charge < -0.3 is 5.32 Å². The molecule has 2 heteroatoms. The van der Waals surface area contributed by atoms with Crippen molar-refractivity contribution < 1.29 is 4.79 Å². The number of carbonyl (C=O) groups is 1. The SMILES string of the molecule is CC(C)(C)c1ccc2c3c(cccc13)NC2=O. The van der Waals surface area contributed by atoms with Gasteiger partial charge in [-0.05, 0) is 28.5 Å². The van der Waals surface area contributed by atoms with E-state index in [0.717, 1.165) is 16.6 Å². The van der Waals surface area contributed by atoms with Gasteiger partial charge in [0.1, 0.15) is 0 Å². The summed E-state index contributed by atoms with van der Waals surface area (Å²) in [6, 6.07) is 10.1. The molecule has 2 nitrogen and oxygen atoms in total. The Morgan fingerprint density at radius 1 is 1.06 bits per heavy atom. The molecule has 0 atom stereocenters. The number of hydrogen-bond donors (Lipinski definition) is 1. The molecule has 1 heterocycles. The minimum absolute atomic E-state index is 0.0108. The number of nitrogens with one attached hydrogen (secondary N) is 1. The van der Waals surface area contributed by atoms with Crippen LogP contribution in [-0.2, 0) is 5.41 Å². The lowest BCUT2D eigenvalue weighted by Gasteiger charge is -2.21. The maximum Gasteiger partial charge on any atom is 0.256 e. The summed E-state index contributed by atoms with van der Waals surface area (Å²) < 4.78 is 0. The molecular weight excluding hydrogens is 210 g/mol. The van der Waals surface area contributed by atoms with Crippen LogP contribution in [-0.4, -0.2) is 5.91 Å². The summed E-state index contributed by atoms with van der Waals surface area (Å²) in [7, 11) is 0. The van der Waals surface area contributed by atoms with Crippen molar-refractivity contribution in [2.45, 2.75) is 26.2 Å². The molecule has 1 aliphatic rings. The van der Waals surface area contributed by atoms with Crippen molar-refractivity contribution in [1.82, 2.24) is 0 Å². The average Bonchev–Trinajstić information content (AvgIpc) is 2.57. The van der Waals surface area contributed by atoms with Crippen LogP contribution in [0.2, 0.25) is 0 Å². The van der Waals surface area contributed by atoms with E-state index in [4.69, 9.17) is 0 Å². The van der Waals surface area contributed by atoms with E-state index in [0.29, 0.717) is 0 Å². The Hall–Kier alpha value is -1.83. The Morgan fingerprint density at radius 3 is 2.53 bits per heavy atom. The lowest BCUT2D eigenvalue weighted by molar-refractivity contribution is 0.103. The van der Waals surface area contributed by atoms with Crippen molar-refractivity contribution in [3.63, 3.8) is 0 Å². The van der Waals surface area contributed by atoms with Gasteiger partial charge in [-0.25, -0.2) is 0 Å². The smallest absolute Gasteiger partial charge is 0.256 e. The molecule has 0 aliphatic carbocycles. The molecule has 2 aromatic rings. The molecule has 86 valence electrons. The highest BCUT2D eigenvalue weighted by atomic mass is 16.1. The molecule has 0 fully saturated rings. The first-order valence-corrected chi connectivity index (χ1v) is 5.86. The van der Waals surface area contributed by atoms with Crippen LogP contribution in [0.5, 0.6) is 0 Å². The van der Waals surface area contributed by atoms with E-state index in [9.17, 15) is 4.79 Å². The fourth-order valence-corrected chi connectivity index (χ4v) is 2.54. The number of hydrogen-bond acceptors (Lipinski definition) is 1. The van der Waals surface area contributed by atoms with Gasteiger partial charge in [0.25, 0.3) is 5.91 Å². The van der Waals surface area contributed by atoms with Crippen molar-refractivity contribution >= 4 is 22.4 Å². The molecule has 0 saturated heterocycles. The Kier molecular flexibility index (Phi) is 1.88. The summed E-state index contributed by atoms with van der Waals surface area (Å²) in [6.45, 7) is 6.59. The van der Waals surface area contributed by atoms with Gasteiger partial charge in [0.05, 0.1) is 0 Å². The van der Waals surface area contributed by atoms with E-state index >= 15 is 0 Å². The predicted molar refractivity (Wildman–Crippen MR) is 70.6 cm³/mol. The van der Waals surface area contributed by atoms with Gasteiger partial charge in [0.2, 0.25) is 0 Å². The monoisotopic (exact) mass is 225 g/mol. The van der Waals surface area contributed by atoms with Crippen LogP contribution >= 0.6 is 0 Å². The molecular formula is C15H15NO. The Morgan fingerprint density at radius 2 is 1.82 bits per heavy atom. The van der Waals surface area contributed by atoms with Crippen LogP contribution in [0.15, 0.2) is 30.3 Å². The number of anilines is 1. The molecule has 1 aliphatic heterocycles. The summed E-state index contributed by atoms with van der Waals surface area (Å²) >= 11 is 0. The van der Waals surface area contributed by atoms with Gasteiger partial charge in [-0.3, -0.25) is 4.79 Å². The van der Waals surface area contributed by atoms with Crippen molar-refractivity contribution in [2.24, 2.45) is 0 Å². The third-order valence-electron chi connectivity index (χ3n) is 3.34. The van der Waals surface area contributed by atoms with Gasteiger partial charge in [-0.15, -0.1) is 0 Å². The second kappa shape index (κ2) is 3.10. The second-order valence-electron chi connectivity index (χ2n) is 5.59. The first-order valence-electron chi connectivity index (χ1n) is 5.86. The van der Waals surface area contributed by atoms with Gasteiger partial charge in [-0.2, -0.15) is 0 Å². The molecule has 2 aromatic carbocycles. The van der Waals surface area contributed by atoms with Crippen LogP contribution in [0, 0.1) is 0 Å². The molecule has 1 N–H and O–H groups in total. The van der Waals surface area contributed by atoms with Crippen LogP contribution in [0.3, 0.4) is 0 Å². The molecule has 1 amide bonds. The summed E-state index contributed by atoms with van der Waals surface area (Å²) in [5.41, 5.74) is 3.11. The molecule has 0 bridgehead atoms. The zero-order valence-corrected chi connectivity index (χ0v) is 10.3. The van der Waals surface area contributed by atoms with Crippen LogP contribution < -0.4 is 5.32 Å². The molecule has 0 radical (unpaired) electrons. The first kappa shape index (κ1) is 10.3. The predicted octanol–water partition coefficient (Wildman–Crippen LogP) is 3.70. The molecule has 0 unspecified atom stereocenters. The average molecular weight is 225 g/mol. The van der Waals surface area contributed by atoms with E-state index in [1.807, 2.05) is 18.2 Å². The maximum absolute atomic E-state index is 11.8. The zero-order chi connectivity index (χ0) is 12.2. The van der Waals surface area contributed by atoms with Crippen LogP contribution in [0.25, 0.3) is 10.8 Å². The van der Waals surface area contributed by atoms with Crippen molar-refractivity contribution in [2.75, 3.05) is 5.32 Å². The minimum Gasteiger partial charge on any atom is -0.321 e. The summed E-state index contributed by atoms with van der Waals surface area (Å²) in [5, 5.41) is 5.17. The fourth-order valence-electron chi connectivity index (χ4n) is 2.54. The molecule has 0 aromatic heterocycles. The number of amides is 1. The minimum atomic E-state index is 0.0108. The van der Waals surface area contributed by atoms with E-state index in [-0.39, 0.29) is 11.3 Å². The molecule has 3 rings (SSSR count). The summed E-state index contributed by atoms with van der Waals surface area (Å²) in [4.78, 5) is 11.8. The van der Waals surface area contributed by atoms with Gasteiger partial charge in [-0.1, -0.05) is 39.0 Å². The van der Waals surface area contributed by atoms with Crippen LogP contribution in [0.4, 0.5) is 5.69 Å². The molecule has 17 heavy (non-hydrogen) atoms. The van der Waals surface area contributed by atoms with Crippen molar-refractivity contribution in [3.8, 4) is 0 Å². The molecule has 0 saturated carbocycles. The first-order chi connectivity index (χ1) is 7.98. The highest BCUT2D eigenvalue weighted by Gasteiger charge is 2.25. The second-order valence-corrected chi connectivity index (χ2v) is 5.59. The largest absolute Gasteiger partial charge is 0.321 e. The topological polar surface area (TPSA) is 29.1 Å². The third kappa shape index (κ3) is 1.37. The summed E-state index contributed by atoms with van der Waals surface area (Å²) in [5.74, 6) is 0.0108. The van der Waals surface area contributed by atoms with E-state index in [1.54, 1.807) is 0 Å². The fraction of sp³-hybridized carbons (Fsp3) is 0.267. The van der Waals surface area contributed by atoms with Gasteiger partial charge >= 0.3 is 0 Å². The van der Waals surface area contributed by atoms with Crippen molar-refractivity contribution in [3.05, 3.63) is 41.5 Å². The quantitative estimate of drug-likeness (QED) is 0.727. The van der Waals surface area contributed by atoms with E-state index in [2.05, 4.69) is 38.2 Å². The third-order valence-corrected chi connectivity index (χ3v) is 3.34. The standard InChI is InChI=1S/C15H15NO/c1-15(2,3)11-8-7-10-13-9(11)5-4-6-12(13)16-14(10)17/h4-8H,1-3H3,(H,16,17). The number of rotatable bonds is 0. The lowest BCUT2D eigenvalue weighted by atomic mass is 9.83. The highest BCUT2D eigenvalue weighted by Crippen LogP contribution is 2.38.